The normalized spacial score (nSPS) is 11.4. The van der Waals surface area contributed by atoms with Gasteiger partial charge in [-0.3, -0.25) is 4.79 Å². The predicted molar refractivity (Wildman–Crippen MR) is 44.3 cm³/mol. The molecule has 1 rings (SSSR count). The maximum Gasteiger partial charge on any atom is 0.419 e. The molecule has 1 heterocycles. The van der Waals surface area contributed by atoms with Gasteiger partial charge < -0.3 is 0 Å². The largest absolute Gasteiger partial charge is 0.419 e. The van der Waals surface area contributed by atoms with Gasteiger partial charge in [0, 0.05) is 0 Å². The molecule has 0 radical (unpaired) electrons. The highest BCUT2D eigenvalue weighted by molar-refractivity contribution is 5.73. The van der Waals surface area contributed by atoms with E-state index in [-0.39, 0.29) is 6.29 Å². The van der Waals surface area contributed by atoms with E-state index in [1.165, 1.54) is 0 Å². The molecular formula is C9H3F5N2O. The Kier molecular flexibility index (Phi) is 3.41. The number of halogens is 5. The molecular weight excluding hydrogens is 247 g/mol. The fourth-order valence-corrected chi connectivity index (χ4v) is 1.19. The van der Waals surface area contributed by atoms with Gasteiger partial charge in [-0.25, -0.2) is 13.8 Å². The minimum absolute atomic E-state index is 0.00707. The van der Waals surface area contributed by atoms with Gasteiger partial charge in [-0.15, -0.1) is 0 Å². The summed E-state index contributed by atoms with van der Waals surface area (Å²) in [6.45, 7) is 0. The quantitative estimate of drug-likeness (QED) is 0.599. The zero-order valence-corrected chi connectivity index (χ0v) is 7.92. The summed E-state index contributed by atoms with van der Waals surface area (Å²) in [5.74, 6) is 0. The predicted octanol–water partition coefficient (Wildman–Crippen LogP) is 2.72. The maximum atomic E-state index is 12.5. The second-order valence-electron chi connectivity index (χ2n) is 2.88. The van der Waals surface area contributed by atoms with Crippen LogP contribution >= 0.6 is 0 Å². The lowest BCUT2D eigenvalue weighted by Gasteiger charge is -2.13. The molecule has 0 aromatic carbocycles. The molecule has 0 amide bonds. The monoisotopic (exact) mass is 250 g/mol. The van der Waals surface area contributed by atoms with Gasteiger partial charge in [-0.1, -0.05) is 0 Å². The van der Waals surface area contributed by atoms with E-state index in [2.05, 4.69) is 4.98 Å². The molecule has 0 atom stereocenters. The minimum atomic E-state index is -5.13. The Hall–Kier alpha value is -2.04. The van der Waals surface area contributed by atoms with Crippen molar-refractivity contribution in [2.45, 2.75) is 12.6 Å². The number of carbonyl (C=O) groups is 1. The number of hydrogen-bond acceptors (Lipinski definition) is 3. The summed E-state index contributed by atoms with van der Waals surface area (Å²) < 4.78 is 62.2. The zero-order chi connectivity index (χ0) is 13.2. The van der Waals surface area contributed by atoms with Crippen LogP contribution in [0.25, 0.3) is 0 Å². The lowest BCUT2D eigenvalue weighted by molar-refractivity contribution is -0.140. The van der Waals surface area contributed by atoms with Crippen molar-refractivity contribution in [1.82, 2.24) is 4.98 Å². The van der Waals surface area contributed by atoms with Crippen LogP contribution in [-0.4, -0.2) is 11.3 Å². The van der Waals surface area contributed by atoms with E-state index >= 15 is 0 Å². The summed E-state index contributed by atoms with van der Waals surface area (Å²) in [4.78, 5) is 13.2. The highest BCUT2D eigenvalue weighted by Crippen LogP contribution is 2.37. The number of nitrogens with zero attached hydrogens (tertiary/aromatic N) is 2. The third-order valence-electron chi connectivity index (χ3n) is 1.80. The Morgan fingerprint density at radius 2 is 2.00 bits per heavy atom. The van der Waals surface area contributed by atoms with Crippen molar-refractivity contribution in [2.75, 3.05) is 0 Å². The Bertz CT molecular complexity index is 489. The van der Waals surface area contributed by atoms with Crippen molar-refractivity contribution in [3.8, 4) is 6.07 Å². The smallest absolute Gasteiger partial charge is 0.296 e. The fourth-order valence-electron chi connectivity index (χ4n) is 1.19. The van der Waals surface area contributed by atoms with Crippen LogP contribution in [0.15, 0.2) is 6.07 Å². The molecule has 0 aliphatic heterocycles. The molecule has 0 N–H and O–H groups in total. The van der Waals surface area contributed by atoms with Crippen LogP contribution in [0.5, 0.6) is 0 Å². The van der Waals surface area contributed by atoms with Crippen LogP contribution in [0.2, 0.25) is 0 Å². The molecule has 0 saturated heterocycles. The van der Waals surface area contributed by atoms with Gasteiger partial charge in [-0.05, 0) is 6.07 Å². The van der Waals surface area contributed by atoms with Gasteiger partial charge >= 0.3 is 6.18 Å². The first kappa shape index (κ1) is 13.0. The Balaban J connectivity index is 3.66. The molecule has 90 valence electrons. The maximum absolute atomic E-state index is 12.5. The molecule has 8 heteroatoms. The molecule has 1 aromatic heterocycles. The molecule has 0 fully saturated rings. The van der Waals surface area contributed by atoms with Gasteiger partial charge in [0.25, 0.3) is 6.43 Å². The molecule has 0 aliphatic carbocycles. The highest BCUT2D eigenvalue weighted by atomic mass is 19.4. The second-order valence-corrected chi connectivity index (χ2v) is 2.88. The van der Waals surface area contributed by atoms with Crippen molar-refractivity contribution in [3.05, 3.63) is 28.6 Å². The Morgan fingerprint density at radius 1 is 1.41 bits per heavy atom. The second kappa shape index (κ2) is 4.45. The summed E-state index contributed by atoms with van der Waals surface area (Å²) in [5.41, 5.74) is -5.12. The summed E-state index contributed by atoms with van der Waals surface area (Å²) in [6.07, 6.45) is -8.67. The van der Waals surface area contributed by atoms with Crippen LogP contribution in [0.3, 0.4) is 0 Å². The van der Waals surface area contributed by atoms with Crippen LogP contribution in [-0.2, 0) is 6.18 Å². The fraction of sp³-hybridized carbons (Fsp3) is 0.222. The number of pyridine rings is 1. The number of alkyl halides is 5. The Morgan fingerprint density at radius 3 is 2.35 bits per heavy atom. The first-order chi connectivity index (χ1) is 7.81. The number of carbonyl (C=O) groups excluding carboxylic acids is 1. The van der Waals surface area contributed by atoms with E-state index in [1.54, 1.807) is 0 Å². The molecule has 0 saturated carbocycles. The summed E-state index contributed by atoms with van der Waals surface area (Å²) in [7, 11) is 0. The van der Waals surface area contributed by atoms with Crippen molar-refractivity contribution in [2.24, 2.45) is 0 Å². The number of hydrogen-bond donors (Lipinski definition) is 0. The number of aromatic nitrogens is 1. The number of aldehydes is 1. The Labute approximate surface area is 91.5 Å². The van der Waals surface area contributed by atoms with E-state index in [4.69, 9.17) is 5.26 Å². The van der Waals surface area contributed by atoms with Gasteiger partial charge in [0.2, 0.25) is 0 Å². The van der Waals surface area contributed by atoms with Crippen LogP contribution in [0.1, 0.15) is 33.7 Å². The summed E-state index contributed by atoms with van der Waals surface area (Å²) in [6, 6.07) is 1.64. The SMILES string of the molecule is N#Cc1cc(C=O)nc(C(F)F)c1C(F)(F)F. The minimum Gasteiger partial charge on any atom is -0.296 e. The van der Waals surface area contributed by atoms with Gasteiger partial charge in [0.05, 0.1) is 11.6 Å². The number of nitriles is 1. The van der Waals surface area contributed by atoms with Crippen LogP contribution in [0.4, 0.5) is 22.0 Å². The van der Waals surface area contributed by atoms with E-state index in [0.29, 0.717) is 6.07 Å². The van der Waals surface area contributed by atoms with Gasteiger partial charge in [-0.2, -0.15) is 18.4 Å². The highest BCUT2D eigenvalue weighted by Gasteiger charge is 2.40. The van der Waals surface area contributed by atoms with Crippen molar-refractivity contribution >= 4 is 6.29 Å². The van der Waals surface area contributed by atoms with E-state index < -0.39 is 35.1 Å². The summed E-state index contributed by atoms with van der Waals surface area (Å²) >= 11 is 0. The average molecular weight is 250 g/mol. The molecule has 1 aromatic rings. The average Bonchev–Trinajstić information content (AvgIpc) is 2.25. The molecule has 0 bridgehead atoms. The van der Waals surface area contributed by atoms with Gasteiger partial charge in [0.15, 0.2) is 6.29 Å². The molecule has 0 unspecified atom stereocenters. The molecule has 0 aliphatic rings. The van der Waals surface area contributed by atoms with Gasteiger partial charge in [0.1, 0.15) is 17.0 Å². The molecule has 3 nitrogen and oxygen atoms in total. The van der Waals surface area contributed by atoms with E-state index in [9.17, 15) is 26.7 Å². The topological polar surface area (TPSA) is 53.8 Å². The third kappa shape index (κ3) is 2.55. The standard InChI is InChI=1S/C9H3F5N2O/c10-8(11)7-6(9(12,13)14)4(2-15)1-5(3-17)16-7/h1,3,8H. The molecule has 0 spiro atoms. The number of rotatable bonds is 2. The first-order valence-corrected chi connectivity index (χ1v) is 4.06. The van der Waals surface area contributed by atoms with Crippen molar-refractivity contribution in [3.63, 3.8) is 0 Å². The van der Waals surface area contributed by atoms with E-state index in [1.807, 2.05) is 0 Å². The zero-order valence-electron chi connectivity index (χ0n) is 7.92. The third-order valence-corrected chi connectivity index (χ3v) is 1.80. The van der Waals surface area contributed by atoms with Crippen molar-refractivity contribution in [1.29, 1.82) is 5.26 Å². The lowest BCUT2D eigenvalue weighted by Crippen LogP contribution is -2.15. The lowest BCUT2D eigenvalue weighted by atomic mass is 10.1. The summed E-state index contributed by atoms with van der Waals surface area (Å²) in [5, 5.41) is 8.47. The van der Waals surface area contributed by atoms with E-state index in [0.717, 1.165) is 6.07 Å². The van der Waals surface area contributed by atoms with Crippen LogP contribution < -0.4 is 0 Å². The molecule has 17 heavy (non-hydrogen) atoms. The van der Waals surface area contributed by atoms with Crippen LogP contribution in [0, 0.1) is 11.3 Å². The first-order valence-electron chi connectivity index (χ1n) is 4.06. The van der Waals surface area contributed by atoms with Crippen molar-refractivity contribution < 1.29 is 26.7 Å².